The van der Waals surface area contributed by atoms with Gasteiger partial charge in [-0.15, -0.1) is 11.3 Å². The summed E-state index contributed by atoms with van der Waals surface area (Å²) in [6, 6.07) is 6.49. The Morgan fingerprint density at radius 3 is 2.60 bits per heavy atom. The van der Waals surface area contributed by atoms with Crippen LogP contribution in [0.2, 0.25) is 5.02 Å². The molecule has 0 N–H and O–H groups in total. The van der Waals surface area contributed by atoms with Crippen molar-refractivity contribution in [2.45, 2.75) is 23.5 Å². The molecule has 1 aromatic heterocycles. The number of benzene rings is 1. The molecule has 0 bridgehead atoms. The van der Waals surface area contributed by atoms with Crippen molar-refractivity contribution in [2.24, 2.45) is 0 Å². The van der Waals surface area contributed by atoms with Crippen LogP contribution < -0.4 is 0 Å². The standard InChI is InChI=1S/C17H14ClNO4S2/c18-11-1-2-13-15(8-11)25(22,23)9-10-7-14(24-16(10)13)17(21)19-5-3-12(20)4-6-19/h1-2,7-8H,3-6,9H2. The van der Waals surface area contributed by atoms with Crippen molar-refractivity contribution in [3.05, 3.63) is 39.7 Å². The van der Waals surface area contributed by atoms with Gasteiger partial charge >= 0.3 is 0 Å². The summed E-state index contributed by atoms with van der Waals surface area (Å²) in [5.41, 5.74) is 1.25. The molecule has 8 heteroatoms. The smallest absolute Gasteiger partial charge is 0.263 e. The summed E-state index contributed by atoms with van der Waals surface area (Å²) >= 11 is 7.25. The summed E-state index contributed by atoms with van der Waals surface area (Å²) in [6.45, 7) is 0.843. The van der Waals surface area contributed by atoms with E-state index in [1.54, 1.807) is 23.1 Å². The molecule has 5 nitrogen and oxygen atoms in total. The molecule has 2 aliphatic rings. The SMILES string of the molecule is O=C1CCN(C(=O)c2cc3c(s2)-c2ccc(Cl)cc2S(=O)(=O)C3)CC1. The van der Waals surface area contributed by atoms with E-state index in [2.05, 4.69) is 0 Å². The first-order chi connectivity index (χ1) is 11.8. The molecule has 1 aromatic carbocycles. The zero-order chi connectivity index (χ0) is 17.8. The van der Waals surface area contributed by atoms with Crippen molar-refractivity contribution in [1.29, 1.82) is 0 Å². The first-order valence-electron chi connectivity index (χ1n) is 7.81. The Morgan fingerprint density at radius 1 is 1.16 bits per heavy atom. The highest BCUT2D eigenvalue weighted by Gasteiger charge is 2.32. The quantitative estimate of drug-likeness (QED) is 0.743. The van der Waals surface area contributed by atoms with Gasteiger partial charge < -0.3 is 4.90 Å². The number of fused-ring (bicyclic) bond motifs is 3. The second-order valence-corrected chi connectivity index (χ2v) is 9.64. The van der Waals surface area contributed by atoms with Crippen molar-refractivity contribution in [1.82, 2.24) is 4.90 Å². The number of carbonyl (C=O) groups is 2. The lowest BCUT2D eigenvalue weighted by Gasteiger charge is -2.25. The Kier molecular flexibility index (Phi) is 3.97. The molecule has 130 valence electrons. The third-order valence-corrected chi connectivity index (χ3v) is 7.63. The van der Waals surface area contributed by atoms with E-state index in [4.69, 9.17) is 11.6 Å². The third-order valence-electron chi connectivity index (χ3n) is 4.50. The maximum absolute atomic E-state index is 12.7. The minimum absolute atomic E-state index is 0.127. The Morgan fingerprint density at radius 2 is 1.88 bits per heavy atom. The lowest BCUT2D eigenvalue weighted by Crippen LogP contribution is -2.38. The van der Waals surface area contributed by atoms with Gasteiger partial charge in [0.25, 0.3) is 5.91 Å². The van der Waals surface area contributed by atoms with Crippen LogP contribution in [-0.2, 0) is 20.4 Å². The molecule has 25 heavy (non-hydrogen) atoms. The van der Waals surface area contributed by atoms with Gasteiger partial charge in [-0.1, -0.05) is 17.7 Å². The number of nitrogens with zero attached hydrogens (tertiary/aromatic N) is 1. The highest BCUT2D eigenvalue weighted by Crippen LogP contribution is 2.43. The van der Waals surface area contributed by atoms with Gasteiger partial charge in [-0.25, -0.2) is 8.42 Å². The predicted octanol–water partition coefficient (Wildman–Crippen LogP) is 3.16. The van der Waals surface area contributed by atoms with Gasteiger partial charge in [-0.3, -0.25) is 9.59 Å². The monoisotopic (exact) mass is 395 g/mol. The Hall–Kier alpha value is -1.70. The van der Waals surface area contributed by atoms with E-state index in [0.29, 0.717) is 47.0 Å². The van der Waals surface area contributed by atoms with Gasteiger partial charge in [0.05, 0.1) is 15.5 Å². The summed E-state index contributed by atoms with van der Waals surface area (Å²) in [5, 5.41) is 0.372. The molecule has 0 saturated carbocycles. The molecular weight excluding hydrogens is 382 g/mol. The maximum Gasteiger partial charge on any atom is 0.263 e. The van der Waals surface area contributed by atoms with Crippen LogP contribution in [0.25, 0.3) is 10.4 Å². The fraction of sp³-hybridized carbons (Fsp3) is 0.294. The number of sulfone groups is 1. The third kappa shape index (κ3) is 2.90. The summed E-state index contributed by atoms with van der Waals surface area (Å²) in [5.74, 6) is -0.0935. The van der Waals surface area contributed by atoms with Gasteiger partial charge in [-0.2, -0.15) is 0 Å². The Balaban J connectivity index is 1.74. The van der Waals surface area contributed by atoms with Crippen LogP contribution in [0.4, 0.5) is 0 Å². The number of amides is 1. The number of piperidine rings is 1. The Labute approximate surface area is 154 Å². The number of ketones is 1. The van der Waals surface area contributed by atoms with E-state index < -0.39 is 9.84 Å². The number of thiophene rings is 1. The zero-order valence-corrected chi connectivity index (χ0v) is 15.5. The number of rotatable bonds is 1. The Bertz CT molecular complexity index is 1000. The molecule has 2 aliphatic heterocycles. The molecule has 0 atom stereocenters. The number of hydrogen-bond donors (Lipinski definition) is 0. The van der Waals surface area contributed by atoms with Crippen LogP contribution in [0.5, 0.6) is 0 Å². The average Bonchev–Trinajstić information content (AvgIpc) is 2.98. The fourth-order valence-electron chi connectivity index (χ4n) is 3.21. The molecule has 0 spiro atoms. The van der Waals surface area contributed by atoms with Gasteiger partial charge in [0.15, 0.2) is 9.84 Å². The van der Waals surface area contributed by atoms with E-state index >= 15 is 0 Å². The van der Waals surface area contributed by atoms with E-state index in [-0.39, 0.29) is 22.3 Å². The second kappa shape index (κ2) is 5.93. The van der Waals surface area contributed by atoms with E-state index in [0.717, 1.165) is 4.88 Å². The van der Waals surface area contributed by atoms with E-state index in [1.807, 2.05) is 0 Å². The van der Waals surface area contributed by atoms with Gasteiger partial charge in [0.1, 0.15) is 5.78 Å². The van der Waals surface area contributed by atoms with Crippen molar-refractivity contribution in [3.8, 4) is 10.4 Å². The van der Waals surface area contributed by atoms with Gasteiger partial charge in [0, 0.05) is 41.4 Å². The van der Waals surface area contributed by atoms with Crippen molar-refractivity contribution in [3.63, 3.8) is 0 Å². The summed E-state index contributed by atoms with van der Waals surface area (Å²) in [7, 11) is -3.47. The molecule has 1 fully saturated rings. The molecular formula is C17H14ClNO4S2. The lowest BCUT2D eigenvalue weighted by atomic mass is 10.1. The topological polar surface area (TPSA) is 71.5 Å². The van der Waals surface area contributed by atoms with Crippen LogP contribution in [0.3, 0.4) is 0 Å². The second-order valence-electron chi connectivity index (χ2n) is 6.20. The van der Waals surface area contributed by atoms with Crippen LogP contribution in [0.1, 0.15) is 28.1 Å². The first kappa shape index (κ1) is 16.8. The number of Topliss-reactive ketones (excluding diaryl/α,β-unsaturated/α-hetero) is 1. The van der Waals surface area contributed by atoms with Crippen LogP contribution >= 0.6 is 22.9 Å². The molecule has 2 aromatic rings. The van der Waals surface area contributed by atoms with Crippen molar-refractivity contribution >= 4 is 44.5 Å². The highest BCUT2D eigenvalue weighted by molar-refractivity contribution is 7.91. The number of halogens is 1. The fourth-order valence-corrected chi connectivity index (χ4v) is 6.39. The minimum atomic E-state index is -3.47. The van der Waals surface area contributed by atoms with Crippen LogP contribution in [-0.4, -0.2) is 38.1 Å². The molecule has 1 saturated heterocycles. The van der Waals surface area contributed by atoms with Gasteiger partial charge in [-0.05, 0) is 23.8 Å². The largest absolute Gasteiger partial charge is 0.337 e. The number of likely N-dealkylation sites (tertiary alicyclic amines) is 1. The average molecular weight is 396 g/mol. The number of hydrogen-bond acceptors (Lipinski definition) is 5. The highest BCUT2D eigenvalue weighted by atomic mass is 35.5. The van der Waals surface area contributed by atoms with E-state index in [1.165, 1.54) is 17.4 Å². The van der Waals surface area contributed by atoms with E-state index in [9.17, 15) is 18.0 Å². The van der Waals surface area contributed by atoms with Crippen LogP contribution in [0, 0.1) is 0 Å². The van der Waals surface area contributed by atoms with Crippen molar-refractivity contribution in [2.75, 3.05) is 13.1 Å². The van der Waals surface area contributed by atoms with Gasteiger partial charge in [0.2, 0.25) is 0 Å². The lowest BCUT2D eigenvalue weighted by molar-refractivity contribution is -0.120. The first-order valence-corrected chi connectivity index (χ1v) is 10.7. The van der Waals surface area contributed by atoms with Crippen LogP contribution in [0.15, 0.2) is 29.2 Å². The molecule has 0 aliphatic carbocycles. The van der Waals surface area contributed by atoms with Crippen molar-refractivity contribution < 1.29 is 18.0 Å². The molecule has 3 heterocycles. The summed E-state index contributed by atoms with van der Waals surface area (Å²) < 4.78 is 25.0. The maximum atomic E-state index is 12.7. The minimum Gasteiger partial charge on any atom is -0.337 e. The molecule has 0 unspecified atom stereocenters. The molecule has 0 radical (unpaired) electrons. The molecule has 1 amide bonds. The summed E-state index contributed by atoms with van der Waals surface area (Å²) in [4.78, 5) is 27.3. The molecule has 4 rings (SSSR count). The predicted molar refractivity (Wildman–Crippen MR) is 95.8 cm³/mol. The number of carbonyl (C=O) groups excluding carboxylic acids is 2. The zero-order valence-electron chi connectivity index (χ0n) is 13.1. The summed E-state index contributed by atoms with van der Waals surface area (Å²) in [6.07, 6.45) is 0.763. The normalized spacial score (nSPS) is 18.6.